The minimum absolute atomic E-state index is 0.162. The summed E-state index contributed by atoms with van der Waals surface area (Å²) in [4.78, 5) is 16.7. The minimum Gasteiger partial charge on any atom is -0.454 e. The Hall–Kier alpha value is -3.62. The first-order chi connectivity index (χ1) is 14.8. The van der Waals surface area contributed by atoms with E-state index in [1.165, 1.54) is 0 Å². The summed E-state index contributed by atoms with van der Waals surface area (Å²) >= 11 is 0. The van der Waals surface area contributed by atoms with E-state index in [2.05, 4.69) is 20.4 Å². The van der Waals surface area contributed by atoms with Gasteiger partial charge in [0.15, 0.2) is 11.5 Å². The Morgan fingerprint density at radius 2 is 1.77 bits per heavy atom. The predicted molar refractivity (Wildman–Crippen MR) is 109 cm³/mol. The molecule has 30 heavy (non-hydrogen) atoms. The number of aryl methyl sites for hydroxylation is 1. The molecule has 154 valence electrons. The molecule has 9 heteroatoms. The molecule has 1 amide bonds. The molecule has 0 saturated carbocycles. The van der Waals surface area contributed by atoms with E-state index >= 15 is 0 Å². The molecule has 0 N–H and O–H groups in total. The van der Waals surface area contributed by atoms with Crippen LogP contribution in [-0.2, 0) is 11.2 Å². The van der Waals surface area contributed by atoms with Crippen LogP contribution < -0.4 is 14.4 Å². The smallest absolute Gasteiger partial charge is 0.250 e. The molecule has 5 rings (SSSR count). The average molecular weight is 406 g/mol. The van der Waals surface area contributed by atoms with Crippen LogP contribution in [0.5, 0.6) is 11.5 Å². The lowest BCUT2D eigenvalue weighted by Crippen LogP contribution is -2.49. The van der Waals surface area contributed by atoms with Gasteiger partial charge in [0.05, 0.1) is 5.69 Å². The second-order valence-electron chi connectivity index (χ2n) is 7.28. The molecule has 9 nitrogen and oxygen atoms in total. The van der Waals surface area contributed by atoms with Crippen molar-refractivity contribution in [2.24, 2.45) is 0 Å². The van der Waals surface area contributed by atoms with Crippen molar-refractivity contribution in [3.8, 4) is 17.2 Å². The highest BCUT2D eigenvalue weighted by Gasteiger charge is 2.25. The molecule has 1 saturated heterocycles. The number of tetrazole rings is 1. The number of hydrogen-bond donors (Lipinski definition) is 0. The Bertz CT molecular complexity index is 1030. The third-order valence-electron chi connectivity index (χ3n) is 5.43. The molecule has 2 aliphatic heterocycles. The highest BCUT2D eigenvalue weighted by molar-refractivity contribution is 5.76. The van der Waals surface area contributed by atoms with Gasteiger partial charge in [0.2, 0.25) is 18.6 Å². The largest absolute Gasteiger partial charge is 0.454 e. The first-order valence-electron chi connectivity index (χ1n) is 10.0. The first kappa shape index (κ1) is 18.4. The number of carbonyl (C=O) groups is 1. The molecule has 3 heterocycles. The number of anilines is 1. The Morgan fingerprint density at radius 1 is 0.967 bits per heavy atom. The zero-order chi connectivity index (χ0) is 20.3. The van der Waals surface area contributed by atoms with E-state index in [0.717, 1.165) is 22.7 Å². The predicted octanol–water partition coefficient (Wildman–Crippen LogP) is 1.67. The fourth-order valence-corrected chi connectivity index (χ4v) is 3.78. The molecule has 1 aromatic heterocycles. The Labute approximate surface area is 173 Å². The highest BCUT2D eigenvalue weighted by Crippen LogP contribution is 2.32. The van der Waals surface area contributed by atoms with Crippen molar-refractivity contribution in [3.05, 3.63) is 54.1 Å². The van der Waals surface area contributed by atoms with Gasteiger partial charge in [-0.2, -0.15) is 4.68 Å². The van der Waals surface area contributed by atoms with Crippen molar-refractivity contribution in [2.45, 2.75) is 12.8 Å². The summed E-state index contributed by atoms with van der Waals surface area (Å²) < 4.78 is 12.5. The summed E-state index contributed by atoms with van der Waals surface area (Å²) in [6.07, 6.45) is 1.16. The molecule has 2 aliphatic rings. The molecule has 0 spiro atoms. The second kappa shape index (κ2) is 8.02. The number of benzene rings is 2. The van der Waals surface area contributed by atoms with Gasteiger partial charge in [0, 0.05) is 32.6 Å². The molecule has 0 radical (unpaired) electrons. The molecular weight excluding hydrogens is 384 g/mol. The number of carbonyl (C=O) groups excluding carboxylic acids is 1. The van der Waals surface area contributed by atoms with Gasteiger partial charge >= 0.3 is 0 Å². The second-order valence-corrected chi connectivity index (χ2v) is 7.28. The molecule has 1 fully saturated rings. The number of fused-ring (bicyclic) bond motifs is 1. The summed E-state index contributed by atoms with van der Waals surface area (Å²) in [6, 6.07) is 15.7. The van der Waals surface area contributed by atoms with E-state index in [-0.39, 0.29) is 12.7 Å². The average Bonchev–Trinajstić information content (AvgIpc) is 3.47. The molecule has 0 atom stereocenters. The van der Waals surface area contributed by atoms with Crippen LogP contribution in [0.2, 0.25) is 0 Å². The molecule has 2 aromatic carbocycles. The zero-order valence-corrected chi connectivity index (χ0v) is 16.5. The van der Waals surface area contributed by atoms with Gasteiger partial charge < -0.3 is 19.3 Å². The number of amides is 1. The number of ether oxygens (including phenoxy) is 2. The Kier molecular flexibility index (Phi) is 4.92. The fraction of sp³-hybridized carbons (Fsp3) is 0.333. The normalized spacial score (nSPS) is 15.5. The highest BCUT2D eigenvalue weighted by atomic mass is 16.7. The van der Waals surface area contributed by atoms with E-state index in [4.69, 9.17) is 9.47 Å². The van der Waals surface area contributed by atoms with Crippen molar-refractivity contribution in [3.63, 3.8) is 0 Å². The van der Waals surface area contributed by atoms with Crippen molar-refractivity contribution in [1.82, 2.24) is 25.1 Å². The van der Waals surface area contributed by atoms with Gasteiger partial charge in [-0.3, -0.25) is 4.79 Å². The van der Waals surface area contributed by atoms with Crippen molar-refractivity contribution >= 4 is 11.9 Å². The lowest BCUT2D eigenvalue weighted by Gasteiger charge is -2.34. The van der Waals surface area contributed by atoms with Gasteiger partial charge in [0.1, 0.15) is 0 Å². The topological polar surface area (TPSA) is 85.6 Å². The van der Waals surface area contributed by atoms with Gasteiger partial charge in [-0.15, -0.1) is 0 Å². The number of nitrogens with zero attached hydrogens (tertiary/aromatic N) is 6. The fourth-order valence-electron chi connectivity index (χ4n) is 3.78. The van der Waals surface area contributed by atoms with Gasteiger partial charge in [-0.1, -0.05) is 29.4 Å². The number of aromatic nitrogens is 4. The zero-order valence-electron chi connectivity index (χ0n) is 16.5. The number of para-hydroxylation sites is 1. The lowest BCUT2D eigenvalue weighted by atomic mass is 10.1. The summed E-state index contributed by atoms with van der Waals surface area (Å²) in [5.41, 5.74) is 1.99. The molecular formula is C21H22N6O3. The Balaban J connectivity index is 1.17. The van der Waals surface area contributed by atoms with Crippen LogP contribution in [0.4, 0.5) is 5.95 Å². The summed E-state index contributed by atoms with van der Waals surface area (Å²) in [5, 5.41) is 12.1. The van der Waals surface area contributed by atoms with E-state index in [9.17, 15) is 4.79 Å². The van der Waals surface area contributed by atoms with Crippen LogP contribution in [0.3, 0.4) is 0 Å². The third kappa shape index (κ3) is 3.66. The third-order valence-corrected chi connectivity index (χ3v) is 5.43. The summed E-state index contributed by atoms with van der Waals surface area (Å²) in [5.74, 6) is 2.38. The standard InChI is InChI=1S/C21H22N6O3/c28-20(9-7-16-6-8-18-19(14-16)30-15-29-18)25-10-12-26(13-11-25)21-22-23-24-27(21)17-4-2-1-3-5-17/h1-6,8,14H,7,9-13,15H2. The summed E-state index contributed by atoms with van der Waals surface area (Å²) in [7, 11) is 0. The van der Waals surface area contributed by atoms with Crippen LogP contribution in [0.15, 0.2) is 48.5 Å². The number of rotatable bonds is 5. The van der Waals surface area contributed by atoms with Crippen LogP contribution >= 0.6 is 0 Å². The van der Waals surface area contributed by atoms with E-state index in [1.54, 1.807) is 4.68 Å². The molecule has 0 aliphatic carbocycles. The minimum atomic E-state index is 0.162. The monoisotopic (exact) mass is 406 g/mol. The van der Waals surface area contributed by atoms with Gasteiger partial charge in [0.25, 0.3) is 0 Å². The van der Waals surface area contributed by atoms with E-state index in [1.807, 2.05) is 53.4 Å². The maximum absolute atomic E-state index is 12.7. The summed E-state index contributed by atoms with van der Waals surface area (Å²) in [6.45, 7) is 2.96. The van der Waals surface area contributed by atoms with Gasteiger partial charge in [-0.05, 0) is 46.7 Å². The first-order valence-corrected chi connectivity index (χ1v) is 10.0. The molecule has 3 aromatic rings. The van der Waals surface area contributed by atoms with E-state index in [0.29, 0.717) is 45.0 Å². The van der Waals surface area contributed by atoms with Crippen LogP contribution in [0, 0.1) is 0 Å². The molecule has 0 unspecified atom stereocenters. The van der Waals surface area contributed by atoms with Crippen LogP contribution in [0.25, 0.3) is 5.69 Å². The number of piperazine rings is 1. The maximum atomic E-state index is 12.7. The Morgan fingerprint density at radius 3 is 2.60 bits per heavy atom. The van der Waals surface area contributed by atoms with Gasteiger partial charge in [-0.25, -0.2) is 0 Å². The lowest BCUT2D eigenvalue weighted by molar-refractivity contribution is -0.131. The van der Waals surface area contributed by atoms with E-state index < -0.39 is 0 Å². The van der Waals surface area contributed by atoms with Crippen molar-refractivity contribution in [2.75, 3.05) is 37.9 Å². The van der Waals surface area contributed by atoms with Crippen LogP contribution in [0.1, 0.15) is 12.0 Å². The SMILES string of the molecule is O=C(CCc1ccc2c(c1)OCO2)N1CCN(c2nnnn2-c2ccccc2)CC1. The van der Waals surface area contributed by atoms with Crippen molar-refractivity contribution < 1.29 is 14.3 Å². The quantitative estimate of drug-likeness (QED) is 0.637. The maximum Gasteiger partial charge on any atom is 0.250 e. The van der Waals surface area contributed by atoms with Crippen molar-refractivity contribution in [1.29, 1.82) is 0 Å². The number of hydrogen-bond acceptors (Lipinski definition) is 7. The molecule has 0 bridgehead atoms. The van der Waals surface area contributed by atoms with Crippen LogP contribution in [-0.4, -0.2) is 64.0 Å².